The maximum absolute atomic E-state index is 12.5. The lowest BCUT2D eigenvalue weighted by Gasteiger charge is -2.19. The van der Waals surface area contributed by atoms with E-state index in [-0.39, 0.29) is 32.0 Å². The Morgan fingerprint density at radius 1 is 0.510 bits per heavy atom. The lowest BCUT2D eigenvalue weighted by molar-refractivity contribution is -0.161. The van der Waals surface area contributed by atoms with Crippen molar-refractivity contribution in [1.29, 1.82) is 0 Å². The molecule has 0 aromatic carbocycles. The normalized spacial score (nSPS) is 13.6. The minimum absolute atomic E-state index is 0.00128. The molecule has 0 spiro atoms. The van der Waals surface area contributed by atoms with Gasteiger partial charge in [0.05, 0.1) is 13.2 Å². The van der Waals surface area contributed by atoms with Gasteiger partial charge in [-0.2, -0.15) is 0 Å². The molecule has 0 saturated carbocycles. The average Bonchev–Trinajstić information content (AvgIpc) is 3.10. The summed E-state index contributed by atoms with van der Waals surface area (Å²) in [5.41, 5.74) is 0. The minimum atomic E-state index is -4.28. The van der Waals surface area contributed by atoms with Crippen molar-refractivity contribution in [2.75, 3.05) is 19.8 Å². The third-order valence-electron chi connectivity index (χ3n) is 8.98. The van der Waals surface area contributed by atoms with E-state index in [4.69, 9.17) is 18.5 Å². The van der Waals surface area contributed by atoms with E-state index in [2.05, 4.69) is 38.2 Å². The molecule has 0 aromatic heterocycles. The fraction of sp³-hybridized carbons (Fsp3) is 0.857. The molecule has 0 radical (unpaired) electrons. The second kappa shape index (κ2) is 38.3. The van der Waals surface area contributed by atoms with E-state index < -0.39 is 26.5 Å². The molecule has 0 fully saturated rings. The first-order valence-electron chi connectivity index (χ1n) is 21.1. The van der Waals surface area contributed by atoms with Crippen LogP contribution in [0.2, 0.25) is 0 Å². The van der Waals surface area contributed by atoms with Crippen LogP contribution in [0, 0.1) is 0 Å². The number of esters is 2. The monoisotopic (exact) mass is 743 g/mol. The van der Waals surface area contributed by atoms with E-state index in [1.807, 2.05) is 0 Å². The van der Waals surface area contributed by atoms with Gasteiger partial charge in [-0.05, 0) is 71.1 Å². The van der Waals surface area contributed by atoms with Gasteiger partial charge in [-0.25, -0.2) is 4.57 Å². The quantitative estimate of drug-likeness (QED) is 0.0287. The van der Waals surface area contributed by atoms with Gasteiger partial charge in [0, 0.05) is 12.8 Å². The maximum atomic E-state index is 12.5. The van der Waals surface area contributed by atoms with Crippen LogP contribution >= 0.6 is 7.82 Å². The van der Waals surface area contributed by atoms with Crippen LogP contribution in [0.3, 0.4) is 0 Å². The van der Waals surface area contributed by atoms with Gasteiger partial charge in [0.25, 0.3) is 0 Å². The van der Waals surface area contributed by atoms with E-state index in [1.165, 1.54) is 96.3 Å². The van der Waals surface area contributed by atoms with Gasteiger partial charge in [-0.3, -0.25) is 18.6 Å². The SMILES string of the molecule is CCCCCCCC/C=C\CCCCCCCC(=O)OCC(COP(=O)(O)OCC)OC(=O)CCCCCCC/C=C\CCCCCCCCC. The fourth-order valence-electron chi connectivity index (χ4n) is 5.85. The molecule has 0 saturated heterocycles. The number of hydrogen-bond donors (Lipinski definition) is 1. The van der Waals surface area contributed by atoms with Crippen LogP contribution in [0.4, 0.5) is 0 Å². The van der Waals surface area contributed by atoms with Gasteiger partial charge in [-0.1, -0.05) is 147 Å². The smallest absolute Gasteiger partial charge is 0.462 e. The van der Waals surface area contributed by atoms with Crippen molar-refractivity contribution >= 4 is 19.8 Å². The molecular weight excluding hydrogens is 663 g/mol. The second-order valence-corrected chi connectivity index (χ2v) is 15.5. The van der Waals surface area contributed by atoms with E-state index in [9.17, 15) is 19.0 Å². The number of allylic oxidation sites excluding steroid dienone is 4. The zero-order chi connectivity index (χ0) is 37.5. The van der Waals surface area contributed by atoms with Gasteiger partial charge in [-0.15, -0.1) is 0 Å². The number of carbonyl (C=O) groups excluding carboxylic acids is 2. The molecule has 300 valence electrons. The summed E-state index contributed by atoms with van der Waals surface area (Å²) < 4.78 is 32.6. The lowest BCUT2D eigenvalue weighted by Crippen LogP contribution is -2.29. The number of hydrogen-bond acceptors (Lipinski definition) is 7. The van der Waals surface area contributed by atoms with Gasteiger partial charge in [0.1, 0.15) is 6.61 Å². The summed E-state index contributed by atoms with van der Waals surface area (Å²) in [5.74, 6) is -0.812. The molecule has 0 aliphatic carbocycles. The Bertz CT molecular complexity index is 890. The average molecular weight is 743 g/mol. The van der Waals surface area contributed by atoms with Gasteiger partial charge < -0.3 is 14.4 Å². The predicted molar refractivity (Wildman–Crippen MR) is 212 cm³/mol. The van der Waals surface area contributed by atoms with E-state index >= 15 is 0 Å². The molecular formula is C42H79O8P. The van der Waals surface area contributed by atoms with E-state index in [1.54, 1.807) is 6.92 Å². The van der Waals surface area contributed by atoms with Crippen LogP contribution in [0.15, 0.2) is 24.3 Å². The van der Waals surface area contributed by atoms with Crippen LogP contribution in [-0.2, 0) is 32.7 Å². The fourth-order valence-corrected chi connectivity index (χ4v) is 6.61. The predicted octanol–water partition coefficient (Wildman–Crippen LogP) is 13.1. The second-order valence-electron chi connectivity index (χ2n) is 14.0. The highest BCUT2D eigenvalue weighted by molar-refractivity contribution is 7.47. The van der Waals surface area contributed by atoms with Crippen molar-refractivity contribution in [2.24, 2.45) is 0 Å². The van der Waals surface area contributed by atoms with Crippen molar-refractivity contribution in [3.63, 3.8) is 0 Å². The van der Waals surface area contributed by atoms with Crippen LogP contribution in [-0.4, -0.2) is 42.8 Å². The lowest BCUT2D eigenvalue weighted by atomic mass is 10.1. The summed E-state index contributed by atoms with van der Waals surface area (Å²) in [6.45, 7) is 5.46. The molecule has 2 unspecified atom stereocenters. The Hall–Kier alpha value is -1.47. The van der Waals surface area contributed by atoms with Gasteiger partial charge in [0.15, 0.2) is 6.10 Å². The molecule has 0 aliphatic heterocycles. The summed E-state index contributed by atoms with van der Waals surface area (Å²) in [4.78, 5) is 34.7. The van der Waals surface area contributed by atoms with Crippen LogP contribution in [0.5, 0.6) is 0 Å². The molecule has 9 heteroatoms. The maximum Gasteiger partial charge on any atom is 0.472 e. The van der Waals surface area contributed by atoms with Crippen LogP contribution in [0.1, 0.15) is 207 Å². The van der Waals surface area contributed by atoms with Crippen molar-refractivity contribution in [2.45, 2.75) is 213 Å². The zero-order valence-corrected chi connectivity index (χ0v) is 34.2. The minimum Gasteiger partial charge on any atom is -0.462 e. The topological polar surface area (TPSA) is 108 Å². The van der Waals surface area contributed by atoms with Crippen molar-refractivity contribution in [3.05, 3.63) is 24.3 Å². The number of carbonyl (C=O) groups is 2. The highest BCUT2D eigenvalue weighted by Crippen LogP contribution is 2.43. The van der Waals surface area contributed by atoms with Gasteiger partial charge in [0.2, 0.25) is 0 Å². The first kappa shape index (κ1) is 49.5. The molecule has 0 rings (SSSR count). The third kappa shape index (κ3) is 38.1. The molecule has 1 N–H and O–H groups in total. The Labute approximate surface area is 313 Å². The number of ether oxygens (including phenoxy) is 2. The number of phosphoric ester groups is 1. The molecule has 2 atom stereocenters. The molecule has 0 aliphatic rings. The summed E-state index contributed by atoms with van der Waals surface area (Å²) in [6.07, 6.45) is 40.8. The zero-order valence-electron chi connectivity index (χ0n) is 33.3. The number of unbranched alkanes of at least 4 members (excludes halogenated alkanes) is 23. The van der Waals surface area contributed by atoms with Crippen molar-refractivity contribution < 1.29 is 37.6 Å². The first-order valence-corrected chi connectivity index (χ1v) is 22.6. The summed E-state index contributed by atoms with van der Waals surface area (Å²) >= 11 is 0. The van der Waals surface area contributed by atoms with E-state index in [0.29, 0.717) is 6.42 Å². The van der Waals surface area contributed by atoms with Crippen molar-refractivity contribution in [3.8, 4) is 0 Å². The van der Waals surface area contributed by atoms with Crippen LogP contribution < -0.4 is 0 Å². The summed E-state index contributed by atoms with van der Waals surface area (Å²) in [6, 6.07) is 0. The highest BCUT2D eigenvalue weighted by Gasteiger charge is 2.25. The Morgan fingerprint density at radius 3 is 1.29 bits per heavy atom. The van der Waals surface area contributed by atoms with Gasteiger partial charge >= 0.3 is 19.8 Å². The van der Waals surface area contributed by atoms with Crippen molar-refractivity contribution in [1.82, 2.24) is 0 Å². The molecule has 0 bridgehead atoms. The Morgan fingerprint density at radius 2 is 0.882 bits per heavy atom. The molecule has 0 aromatic rings. The Kier molecular flexibility index (Phi) is 37.2. The standard InChI is InChI=1S/C42H79O8P/c1-4-7-9-11-13-15-17-19-21-23-25-27-29-31-33-35-37-42(44)50-40(39-49-51(45,46)48-6-3)38-47-41(43)36-34-32-30-28-26-24-22-20-18-16-14-12-10-8-5-2/h20-23,40H,4-19,24-39H2,1-3H3,(H,45,46)/b22-20-,23-21-. The molecule has 8 nitrogen and oxygen atoms in total. The van der Waals surface area contributed by atoms with E-state index in [0.717, 1.165) is 70.6 Å². The molecule has 51 heavy (non-hydrogen) atoms. The largest absolute Gasteiger partial charge is 0.472 e. The Balaban J connectivity index is 4.11. The third-order valence-corrected chi connectivity index (χ3v) is 10.0. The number of rotatable bonds is 39. The van der Waals surface area contributed by atoms with Crippen LogP contribution in [0.25, 0.3) is 0 Å². The first-order chi connectivity index (χ1) is 24.8. The summed E-state index contributed by atoms with van der Waals surface area (Å²) in [5, 5.41) is 0. The molecule has 0 heterocycles. The molecule has 0 amide bonds. The highest BCUT2D eigenvalue weighted by atomic mass is 31.2. The number of phosphoric acid groups is 1. The summed E-state index contributed by atoms with van der Waals surface area (Å²) in [7, 11) is -4.28.